The molecule has 1 amide bonds. The van der Waals surface area contributed by atoms with Gasteiger partial charge in [0.25, 0.3) is 5.91 Å². The lowest BCUT2D eigenvalue weighted by Crippen LogP contribution is -2.46. The topological polar surface area (TPSA) is 87.1 Å². The fourth-order valence-electron chi connectivity index (χ4n) is 2.30. The van der Waals surface area contributed by atoms with Crippen molar-refractivity contribution in [2.75, 3.05) is 18.4 Å². The van der Waals surface area contributed by atoms with E-state index in [1.54, 1.807) is 0 Å². The molecule has 1 aliphatic rings. The van der Waals surface area contributed by atoms with Gasteiger partial charge in [0.2, 0.25) is 5.95 Å². The van der Waals surface area contributed by atoms with Crippen molar-refractivity contribution in [2.45, 2.75) is 37.5 Å². The number of carbonyl (C=O) groups is 1. The van der Waals surface area contributed by atoms with E-state index in [0.29, 0.717) is 12.8 Å². The Labute approximate surface area is 125 Å². The summed E-state index contributed by atoms with van der Waals surface area (Å²) >= 11 is 0. The largest absolute Gasteiger partial charge is 0.433 e. The lowest BCUT2D eigenvalue weighted by molar-refractivity contribution is -0.141. The zero-order chi connectivity index (χ0) is 16.2. The molecule has 0 radical (unpaired) electrons. The minimum Gasteiger partial charge on any atom is -0.380 e. The summed E-state index contributed by atoms with van der Waals surface area (Å²) in [6, 6.07) is 0.780. The predicted molar refractivity (Wildman–Crippen MR) is 72.0 cm³/mol. The molecule has 0 aliphatic heterocycles. The van der Waals surface area contributed by atoms with Crippen molar-refractivity contribution in [1.29, 1.82) is 0 Å². The van der Waals surface area contributed by atoms with E-state index in [0.717, 1.165) is 25.1 Å². The van der Waals surface area contributed by atoms with Crippen molar-refractivity contribution < 1.29 is 23.1 Å². The highest BCUT2D eigenvalue weighted by Crippen LogP contribution is 2.29. The van der Waals surface area contributed by atoms with E-state index in [-0.39, 0.29) is 19.0 Å². The van der Waals surface area contributed by atoms with Crippen LogP contribution in [-0.4, -0.2) is 39.7 Å². The van der Waals surface area contributed by atoms with Crippen LogP contribution in [0.3, 0.4) is 0 Å². The first-order chi connectivity index (χ1) is 10.3. The van der Waals surface area contributed by atoms with Crippen molar-refractivity contribution in [1.82, 2.24) is 15.3 Å². The summed E-state index contributed by atoms with van der Waals surface area (Å²) < 4.78 is 37.4. The fraction of sp³-hybridized carbons (Fsp3) is 0.615. The van der Waals surface area contributed by atoms with Crippen LogP contribution in [0.1, 0.15) is 31.4 Å². The number of nitrogens with zero attached hydrogens (tertiary/aromatic N) is 2. The highest BCUT2D eigenvalue weighted by molar-refractivity contribution is 5.85. The van der Waals surface area contributed by atoms with Gasteiger partial charge in [-0.15, -0.1) is 0 Å². The molecule has 1 aromatic rings. The molecule has 122 valence electrons. The summed E-state index contributed by atoms with van der Waals surface area (Å²) in [5, 5.41) is 15.2. The minimum absolute atomic E-state index is 0.154. The number of alkyl halides is 3. The Hall–Kier alpha value is -1.90. The number of aromatic nitrogens is 2. The van der Waals surface area contributed by atoms with Gasteiger partial charge in [-0.3, -0.25) is 4.79 Å². The first-order valence-corrected chi connectivity index (χ1v) is 6.96. The molecule has 1 aliphatic carbocycles. The number of rotatable bonds is 5. The van der Waals surface area contributed by atoms with E-state index in [9.17, 15) is 23.1 Å². The Bertz CT molecular complexity index is 530. The molecule has 3 N–H and O–H groups in total. The number of halogens is 3. The van der Waals surface area contributed by atoms with Crippen LogP contribution >= 0.6 is 0 Å². The Morgan fingerprint density at radius 2 is 2.00 bits per heavy atom. The number of anilines is 1. The summed E-state index contributed by atoms with van der Waals surface area (Å²) in [6.07, 6.45) is -1.04. The number of carbonyl (C=O) groups excluding carboxylic acids is 1. The molecular formula is C13H17F3N4O2. The van der Waals surface area contributed by atoms with Crippen molar-refractivity contribution in [3.63, 3.8) is 0 Å². The highest BCUT2D eigenvalue weighted by atomic mass is 19.4. The Balaban J connectivity index is 1.78. The van der Waals surface area contributed by atoms with Crippen LogP contribution in [0.15, 0.2) is 12.3 Å². The third-order valence-corrected chi connectivity index (χ3v) is 3.49. The maximum atomic E-state index is 12.5. The second-order valence-electron chi connectivity index (χ2n) is 5.18. The molecule has 1 heterocycles. The SMILES string of the molecule is O=C(NCCNc1nccc(C(F)(F)F)n1)C1(O)CCCC1. The molecule has 6 nitrogen and oxygen atoms in total. The average molecular weight is 318 g/mol. The van der Waals surface area contributed by atoms with Crippen LogP contribution in [0.4, 0.5) is 19.1 Å². The van der Waals surface area contributed by atoms with Crippen LogP contribution in [0.25, 0.3) is 0 Å². The van der Waals surface area contributed by atoms with Gasteiger partial charge in [0, 0.05) is 19.3 Å². The van der Waals surface area contributed by atoms with Gasteiger partial charge in [0.1, 0.15) is 11.3 Å². The molecule has 0 spiro atoms. The van der Waals surface area contributed by atoms with Crippen LogP contribution in [0.2, 0.25) is 0 Å². The number of hydrogen-bond acceptors (Lipinski definition) is 5. The van der Waals surface area contributed by atoms with Gasteiger partial charge >= 0.3 is 6.18 Å². The van der Waals surface area contributed by atoms with Crippen LogP contribution in [-0.2, 0) is 11.0 Å². The van der Waals surface area contributed by atoms with Crippen molar-refractivity contribution in [3.05, 3.63) is 18.0 Å². The Kier molecular flexibility index (Phi) is 4.84. The maximum absolute atomic E-state index is 12.5. The molecule has 0 saturated heterocycles. The maximum Gasteiger partial charge on any atom is 0.433 e. The quantitative estimate of drug-likeness (QED) is 0.713. The van der Waals surface area contributed by atoms with E-state index in [1.165, 1.54) is 0 Å². The van der Waals surface area contributed by atoms with Crippen molar-refractivity contribution >= 4 is 11.9 Å². The lowest BCUT2D eigenvalue weighted by atomic mass is 10.0. The predicted octanol–water partition coefficient (Wildman–Crippen LogP) is 1.33. The van der Waals surface area contributed by atoms with Crippen LogP contribution < -0.4 is 10.6 Å². The summed E-state index contributed by atoms with van der Waals surface area (Å²) in [6.45, 7) is 0.309. The second-order valence-corrected chi connectivity index (χ2v) is 5.18. The molecule has 1 aromatic heterocycles. The van der Waals surface area contributed by atoms with Gasteiger partial charge in [-0.25, -0.2) is 9.97 Å². The normalized spacial score (nSPS) is 17.3. The van der Waals surface area contributed by atoms with Crippen molar-refractivity contribution in [3.8, 4) is 0 Å². The third kappa shape index (κ3) is 4.06. The van der Waals surface area contributed by atoms with Gasteiger partial charge in [0.05, 0.1) is 0 Å². The summed E-state index contributed by atoms with van der Waals surface area (Å²) in [4.78, 5) is 18.8. The smallest absolute Gasteiger partial charge is 0.380 e. The number of amides is 1. The highest BCUT2D eigenvalue weighted by Gasteiger charge is 2.38. The summed E-state index contributed by atoms with van der Waals surface area (Å²) in [5.41, 5.74) is -2.35. The molecule has 9 heteroatoms. The monoisotopic (exact) mass is 318 g/mol. The van der Waals surface area contributed by atoms with Gasteiger partial charge in [-0.1, -0.05) is 0 Å². The zero-order valence-electron chi connectivity index (χ0n) is 11.8. The lowest BCUT2D eigenvalue weighted by Gasteiger charge is -2.20. The molecule has 0 aromatic carbocycles. The van der Waals surface area contributed by atoms with Gasteiger partial charge in [-0.05, 0) is 31.7 Å². The molecule has 0 bridgehead atoms. The van der Waals surface area contributed by atoms with Gasteiger partial charge in [-0.2, -0.15) is 13.2 Å². The van der Waals surface area contributed by atoms with E-state index < -0.39 is 23.4 Å². The zero-order valence-corrected chi connectivity index (χ0v) is 11.8. The fourth-order valence-corrected chi connectivity index (χ4v) is 2.30. The van der Waals surface area contributed by atoms with E-state index in [1.807, 2.05) is 0 Å². The van der Waals surface area contributed by atoms with E-state index in [2.05, 4.69) is 20.6 Å². The number of nitrogens with one attached hydrogen (secondary N) is 2. The van der Waals surface area contributed by atoms with E-state index >= 15 is 0 Å². The summed E-state index contributed by atoms with van der Waals surface area (Å²) in [5.74, 6) is -0.611. The Morgan fingerprint density at radius 1 is 1.32 bits per heavy atom. The molecule has 1 fully saturated rings. The molecule has 1 saturated carbocycles. The van der Waals surface area contributed by atoms with Crippen molar-refractivity contribution in [2.24, 2.45) is 0 Å². The second kappa shape index (κ2) is 6.47. The van der Waals surface area contributed by atoms with Gasteiger partial charge in [0.15, 0.2) is 0 Å². The first-order valence-electron chi connectivity index (χ1n) is 6.96. The van der Waals surface area contributed by atoms with Crippen LogP contribution in [0, 0.1) is 0 Å². The molecule has 22 heavy (non-hydrogen) atoms. The van der Waals surface area contributed by atoms with Crippen LogP contribution in [0.5, 0.6) is 0 Å². The molecule has 0 unspecified atom stereocenters. The molecular weight excluding hydrogens is 301 g/mol. The standard InChI is InChI=1S/C13H17F3N4O2/c14-13(15,16)9-3-6-18-11(20-9)19-8-7-17-10(21)12(22)4-1-2-5-12/h3,6,22H,1-2,4-5,7-8H2,(H,17,21)(H,18,19,20). The molecule has 0 atom stereocenters. The molecule has 2 rings (SSSR count). The van der Waals surface area contributed by atoms with Gasteiger partial charge < -0.3 is 15.7 Å². The average Bonchev–Trinajstić information content (AvgIpc) is 2.91. The number of aliphatic hydroxyl groups is 1. The first kappa shape index (κ1) is 16.5. The minimum atomic E-state index is -4.53. The number of hydrogen-bond donors (Lipinski definition) is 3. The Morgan fingerprint density at radius 3 is 2.64 bits per heavy atom. The third-order valence-electron chi connectivity index (χ3n) is 3.49. The van der Waals surface area contributed by atoms with E-state index in [4.69, 9.17) is 0 Å². The summed E-state index contributed by atoms with van der Waals surface area (Å²) in [7, 11) is 0.